The molecule has 0 aliphatic carbocycles. The minimum Gasteiger partial charge on any atom is -0.325 e. The molecule has 0 saturated carbocycles. The summed E-state index contributed by atoms with van der Waals surface area (Å²) in [7, 11) is -2.05. The number of rotatable bonds is 8. The van der Waals surface area contributed by atoms with Gasteiger partial charge in [-0.3, -0.25) is 29.5 Å². The zero-order valence-electron chi connectivity index (χ0n) is 17.8. The number of amidine groups is 1. The second kappa shape index (κ2) is 9.88. The topological polar surface area (TPSA) is 134 Å². The van der Waals surface area contributed by atoms with E-state index in [9.17, 15) is 23.3 Å². The predicted molar refractivity (Wildman–Crippen MR) is 121 cm³/mol. The van der Waals surface area contributed by atoms with E-state index in [2.05, 4.69) is 15.0 Å². The number of non-ortho nitro benzene ring substituents is 1. The van der Waals surface area contributed by atoms with E-state index in [1.807, 2.05) is 6.92 Å². The lowest BCUT2D eigenvalue weighted by Gasteiger charge is -2.24. The summed E-state index contributed by atoms with van der Waals surface area (Å²) in [5.41, 5.74) is 1.05. The van der Waals surface area contributed by atoms with Crippen LogP contribution >= 0.6 is 0 Å². The number of nitro benzene ring substituents is 1. The summed E-state index contributed by atoms with van der Waals surface area (Å²) in [6.07, 6.45) is 1.40. The number of aliphatic imine (C=N–C) groups is 1. The Kier molecular flexibility index (Phi) is 7.21. The van der Waals surface area contributed by atoms with Crippen LogP contribution in [0.3, 0.4) is 0 Å². The predicted octanol–water partition coefficient (Wildman–Crippen LogP) is 2.70. The molecule has 2 aromatic rings. The van der Waals surface area contributed by atoms with E-state index in [0.717, 1.165) is 6.42 Å². The fourth-order valence-corrected chi connectivity index (χ4v) is 4.43. The van der Waals surface area contributed by atoms with E-state index >= 15 is 0 Å². The largest absolute Gasteiger partial charge is 0.325 e. The molecule has 11 heteroatoms. The van der Waals surface area contributed by atoms with Crippen LogP contribution in [0.2, 0.25) is 0 Å². The molecule has 1 aliphatic heterocycles. The average molecular weight is 460 g/mol. The van der Waals surface area contributed by atoms with E-state index < -0.39 is 14.9 Å². The van der Waals surface area contributed by atoms with Crippen molar-refractivity contribution in [3.63, 3.8) is 0 Å². The zero-order valence-corrected chi connectivity index (χ0v) is 18.6. The Bertz CT molecular complexity index is 1150. The van der Waals surface area contributed by atoms with E-state index in [4.69, 9.17) is 0 Å². The number of sulfonamides is 1. The van der Waals surface area contributed by atoms with Crippen LogP contribution in [0.4, 0.5) is 11.4 Å². The van der Waals surface area contributed by atoms with Crippen molar-refractivity contribution in [3.8, 4) is 0 Å². The maximum absolute atomic E-state index is 12.6. The van der Waals surface area contributed by atoms with E-state index in [0.29, 0.717) is 30.1 Å². The minimum atomic E-state index is -3.78. The molecule has 0 aromatic heterocycles. The number of hydrogen-bond donors (Lipinski definition) is 2. The summed E-state index contributed by atoms with van der Waals surface area (Å²) in [6.45, 7) is 2.46. The van der Waals surface area contributed by atoms with Crippen molar-refractivity contribution in [1.29, 1.82) is 0 Å². The van der Waals surface area contributed by atoms with Crippen molar-refractivity contribution in [2.24, 2.45) is 4.99 Å². The summed E-state index contributed by atoms with van der Waals surface area (Å²) in [5, 5.41) is 13.7. The van der Waals surface area contributed by atoms with Crippen molar-refractivity contribution in [2.75, 3.05) is 25.5 Å². The monoisotopic (exact) mass is 459 g/mol. The molecule has 170 valence electrons. The standard InChI is InChI=1S/C21H25N5O5S/c1-15(16-6-3-8-18(12-16)26(28)29)25(2)14-21(27)23-17-7-4-9-19(13-17)32(30,31)24-20-10-5-11-22-20/h3-4,6-9,12-13,15H,5,10-11,14H2,1-2H3,(H,22,24)(H,23,27)/t15-/m0/s1. The van der Waals surface area contributed by atoms with Gasteiger partial charge in [-0.15, -0.1) is 0 Å². The molecule has 2 N–H and O–H groups in total. The highest BCUT2D eigenvalue weighted by atomic mass is 32.2. The smallest absolute Gasteiger partial charge is 0.269 e. The Balaban J connectivity index is 1.64. The molecule has 1 aliphatic rings. The SMILES string of the molecule is C[C@@H](c1cccc([N+](=O)[O-])c1)N(C)CC(=O)Nc1cccc(S(=O)(=O)NC2=NCCC2)c1. The molecule has 0 fully saturated rings. The van der Waals surface area contributed by atoms with Crippen molar-refractivity contribution < 1.29 is 18.1 Å². The molecule has 0 spiro atoms. The molecule has 1 atom stereocenters. The molecule has 1 amide bonds. The van der Waals surface area contributed by atoms with E-state index in [1.165, 1.54) is 24.3 Å². The molecule has 0 unspecified atom stereocenters. The van der Waals surface area contributed by atoms with Gasteiger partial charge in [0.05, 0.1) is 16.4 Å². The number of hydrogen-bond acceptors (Lipinski definition) is 7. The molecule has 10 nitrogen and oxygen atoms in total. The van der Waals surface area contributed by atoms with Crippen LogP contribution in [-0.2, 0) is 14.8 Å². The lowest BCUT2D eigenvalue weighted by atomic mass is 10.1. The number of carbonyl (C=O) groups excluding carboxylic acids is 1. The number of nitrogens with one attached hydrogen (secondary N) is 2. The fraction of sp³-hybridized carbons (Fsp3) is 0.333. The van der Waals surface area contributed by atoms with Crippen LogP contribution in [0.5, 0.6) is 0 Å². The van der Waals surface area contributed by atoms with Crippen LogP contribution in [0.15, 0.2) is 58.4 Å². The summed E-state index contributed by atoms with van der Waals surface area (Å²) >= 11 is 0. The van der Waals surface area contributed by atoms with Crippen molar-refractivity contribution in [3.05, 3.63) is 64.2 Å². The van der Waals surface area contributed by atoms with Gasteiger partial charge in [0.1, 0.15) is 5.84 Å². The number of nitrogens with zero attached hydrogens (tertiary/aromatic N) is 3. The molecule has 1 heterocycles. The second-order valence-electron chi connectivity index (χ2n) is 7.56. The first kappa shape index (κ1) is 23.4. The number of amides is 1. The first-order valence-electron chi connectivity index (χ1n) is 10.1. The van der Waals surface area contributed by atoms with Gasteiger partial charge in [-0.05, 0) is 44.2 Å². The number of carbonyl (C=O) groups is 1. The van der Waals surface area contributed by atoms with Gasteiger partial charge in [-0.1, -0.05) is 18.2 Å². The Labute approximate surface area is 186 Å². The average Bonchev–Trinajstić information content (AvgIpc) is 3.25. The molecule has 0 saturated heterocycles. The number of anilines is 1. The fourth-order valence-electron chi connectivity index (χ4n) is 3.29. The van der Waals surface area contributed by atoms with Gasteiger partial charge < -0.3 is 5.32 Å². The van der Waals surface area contributed by atoms with Gasteiger partial charge in [0.15, 0.2) is 0 Å². The third-order valence-corrected chi connectivity index (χ3v) is 6.55. The molecule has 2 aromatic carbocycles. The lowest BCUT2D eigenvalue weighted by molar-refractivity contribution is -0.384. The Morgan fingerprint density at radius 1 is 1.25 bits per heavy atom. The third-order valence-electron chi connectivity index (χ3n) is 5.17. The number of nitro groups is 1. The zero-order chi connectivity index (χ0) is 23.3. The van der Waals surface area contributed by atoms with Gasteiger partial charge in [-0.25, -0.2) is 8.42 Å². The number of benzene rings is 2. The van der Waals surface area contributed by atoms with Gasteiger partial charge >= 0.3 is 0 Å². The highest BCUT2D eigenvalue weighted by Gasteiger charge is 2.20. The molecule has 3 rings (SSSR count). The van der Waals surface area contributed by atoms with Gasteiger partial charge in [-0.2, -0.15) is 0 Å². The van der Waals surface area contributed by atoms with Crippen LogP contribution in [0.25, 0.3) is 0 Å². The molecular formula is C21H25N5O5S. The van der Waals surface area contributed by atoms with E-state index in [-0.39, 0.29) is 29.1 Å². The maximum Gasteiger partial charge on any atom is 0.269 e. The van der Waals surface area contributed by atoms with Crippen molar-refractivity contribution in [2.45, 2.75) is 30.7 Å². The first-order chi connectivity index (χ1) is 15.2. The maximum atomic E-state index is 12.6. The van der Waals surface area contributed by atoms with Crippen molar-refractivity contribution >= 4 is 33.1 Å². The molecule has 0 radical (unpaired) electrons. The van der Waals surface area contributed by atoms with E-state index in [1.54, 1.807) is 36.2 Å². The van der Waals surface area contributed by atoms with Crippen LogP contribution in [0.1, 0.15) is 31.4 Å². The first-order valence-corrected chi connectivity index (χ1v) is 11.5. The van der Waals surface area contributed by atoms with Crippen LogP contribution in [-0.4, -0.2) is 50.1 Å². The highest BCUT2D eigenvalue weighted by molar-refractivity contribution is 7.90. The minimum absolute atomic E-state index is 0.00981. The molecule has 0 bridgehead atoms. The summed E-state index contributed by atoms with van der Waals surface area (Å²) in [4.78, 5) is 29.0. The second-order valence-corrected chi connectivity index (χ2v) is 9.24. The Hall–Kier alpha value is -3.31. The Morgan fingerprint density at radius 2 is 2.00 bits per heavy atom. The quantitative estimate of drug-likeness (QED) is 0.460. The van der Waals surface area contributed by atoms with Gasteiger partial charge in [0.25, 0.3) is 15.7 Å². The summed E-state index contributed by atoms with van der Waals surface area (Å²) < 4.78 is 27.6. The lowest BCUT2D eigenvalue weighted by Crippen LogP contribution is -2.32. The van der Waals surface area contributed by atoms with Crippen LogP contribution in [0, 0.1) is 10.1 Å². The van der Waals surface area contributed by atoms with Crippen molar-refractivity contribution in [1.82, 2.24) is 9.62 Å². The summed E-state index contributed by atoms with van der Waals surface area (Å²) in [6, 6.07) is 12.0. The molecule has 32 heavy (non-hydrogen) atoms. The normalized spacial score (nSPS) is 14.7. The summed E-state index contributed by atoms with van der Waals surface area (Å²) in [5.74, 6) is 0.101. The molecular weight excluding hydrogens is 434 g/mol. The van der Waals surface area contributed by atoms with Gasteiger partial charge in [0.2, 0.25) is 5.91 Å². The van der Waals surface area contributed by atoms with Crippen LogP contribution < -0.4 is 10.0 Å². The Morgan fingerprint density at radius 3 is 2.69 bits per heavy atom. The highest BCUT2D eigenvalue weighted by Crippen LogP contribution is 2.23. The third kappa shape index (κ3) is 5.89. The van der Waals surface area contributed by atoms with Gasteiger partial charge in [0, 0.05) is 36.8 Å². The number of likely N-dealkylation sites (N-methyl/N-ethyl adjacent to an activating group) is 1.